The number of ether oxygens (including phenoxy) is 1. The lowest BCUT2D eigenvalue weighted by molar-refractivity contribution is 0.0690. The van der Waals surface area contributed by atoms with Crippen LogP contribution in [0.4, 0.5) is 22.7 Å². The van der Waals surface area contributed by atoms with Crippen LogP contribution in [0.25, 0.3) is 0 Å². The molecule has 0 unspecified atom stereocenters. The Bertz CT molecular complexity index is 753. The zero-order valence-corrected chi connectivity index (χ0v) is 15.9. The van der Waals surface area contributed by atoms with Gasteiger partial charge in [-0.2, -0.15) is 10.2 Å². The lowest BCUT2D eigenvalue weighted by Crippen LogP contribution is -2.42. The summed E-state index contributed by atoms with van der Waals surface area (Å²) in [4.78, 5) is 4.16. The van der Waals surface area contributed by atoms with Gasteiger partial charge >= 0.3 is 0 Å². The zero-order chi connectivity index (χ0) is 18.4. The maximum absolute atomic E-state index is 5.45. The average molecular weight is 369 g/mol. The third-order valence-corrected chi connectivity index (χ3v) is 4.42. The molecule has 2 aromatic rings. The maximum atomic E-state index is 5.45. The lowest BCUT2D eigenvalue weighted by atomic mass is 10.3. The molecule has 0 radical (unpaired) electrons. The highest BCUT2D eigenvalue weighted by atomic mass is 32.1. The molecular weight excluding hydrogens is 346 g/mol. The number of hydrogen-bond donors (Lipinski definition) is 1. The van der Waals surface area contributed by atoms with Crippen molar-refractivity contribution >= 4 is 40.1 Å². The van der Waals surface area contributed by atoms with Gasteiger partial charge in [-0.3, -0.25) is 0 Å². The SMILES string of the molecule is CN(C)c1ccc(N=Nc2ccc(NC(=S)N3CCOCC3)cc2)cc1. The summed E-state index contributed by atoms with van der Waals surface area (Å²) < 4.78 is 5.34. The van der Waals surface area contributed by atoms with E-state index in [2.05, 4.69) is 20.4 Å². The quantitative estimate of drug-likeness (QED) is 0.647. The van der Waals surface area contributed by atoms with Crippen molar-refractivity contribution in [3.05, 3.63) is 48.5 Å². The number of hydrogen-bond acceptors (Lipinski definition) is 5. The van der Waals surface area contributed by atoms with Crippen molar-refractivity contribution in [2.45, 2.75) is 0 Å². The van der Waals surface area contributed by atoms with Crippen LogP contribution in [0.1, 0.15) is 0 Å². The van der Waals surface area contributed by atoms with Crippen LogP contribution in [0.15, 0.2) is 58.8 Å². The second-order valence-electron chi connectivity index (χ2n) is 6.19. The average Bonchev–Trinajstić information content (AvgIpc) is 2.68. The third kappa shape index (κ3) is 5.00. The van der Waals surface area contributed by atoms with E-state index < -0.39 is 0 Å². The van der Waals surface area contributed by atoms with Crippen molar-refractivity contribution in [2.24, 2.45) is 10.2 Å². The molecule has 0 spiro atoms. The van der Waals surface area contributed by atoms with E-state index in [9.17, 15) is 0 Å². The van der Waals surface area contributed by atoms with Gasteiger partial charge in [0.25, 0.3) is 0 Å². The summed E-state index contributed by atoms with van der Waals surface area (Å²) in [7, 11) is 4.02. The first-order chi connectivity index (χ1) is 12.6. The van der Waals surface area contributed by atoms with E-state index >= 15 is 0 Å². The van der Waals surface area contributed by atoms with Crippen molar-refractivity contribution in [2.75, 3.05) is 50.6 Å². The molecule has 0 aromatic heterocycles. The lowest BCUT2D eigenvalue weighted by Gasteiger charge is -2.29. The molecule has 1 aliphatic rings. The van der Waals surface area contributed by atoms with Gasteiger partial charge in [-0.1, -0.05) is 0 Å². The Kier molecular flexibility index (Phi) is 6.14. The highest BCUT2D eigenvalue weighted by Gasteiger charge is 2.13. The van der Waals surface area contributed by atoms with Crippen molar-refractivity contribution in [3.8, 4) is 0 Å². The van der Waals surface area contributed by atoms with Gasteiger partial charge in [-0.05, 0) is 60.7 Å². The highest BCUT2D eigenvalue weighted by molar-refractivity contribution is 7.80. The first kappa shape index (κ1) is 18.3. The molecule has 1 fully saturated rings. The second kappa shape index (κ2) is 8.73. The molecule has 3 rings (SSSR count). The van der Waals surface area contributed by atoms with Crippen LogP contribution in [-0.2, 0) is 4.74 Å². The van der Waals surface area contributed by atoms with Crippen molar-refractivity contribution in [1.82, 2.24) is 4.90 Å². The van der Waals surface area contributed by atoms with Gasteiger partial charge < -0.3 is 19.9 Å². The van der Waals surface area contributed by atoms with E-state index in [0.29, 0.717) is 0 Å². The zero-order valence-electron chi connectivity index (χ0n) is 15.1. The second-order valence-corrected chi connectivity index (χ2v) is 6.57. The van der Waals surface area contributed by atoms with E-state index in [4.69, 9.17) is 17.0 Å². The Morgan fingerprint density at radius 3 is 2.04 bits per heavy atom. The summed E-state index contributed by atoms with van der Waals surface area (Å²) in [5.74, 6) is 0. The summed E-state index contributed by atoms with van der Waals surface area (Å²) in [5, 5.41) is 12.5. The largest absolute Gasteiger partial charge is 0.378 e. The molecule has 0 aliphatic carbocycles. The van der Waals surface area contributed by atoms with E-state index in [0.717, 1.165) is 54.2 Å². The fourth-order valence-corrected chi connectivity index (χ4v) is 2.81. The number of thiocarbonyl (C=S) groups is 1. The number of anilines is 2. The predicted octanol–water partition coefficient (Wildman–Crippen LogP) is 4.20. The number of nitrogens with one attached hydrogen (secondary N) is 1. The number of nitrogens with zero attached hydrogens (tertiary/aromatic N) is 4. The summed E-state index contributed by atoms with van der Waals surface area (Å²) in [6.07, 6.45) is 0. The monoisotopic (exact) mass is 369 g/mol. The van der Waals surface area contributed by atoms with E-state index in [1.165, 1.54) is 0 Å². The summed E-state index contributed by atoms with van der Waals surface area (Å²) in [6, 6.07) is 15.7. The number of morpholine rings is 1. The molecule has 136 valence electrons. The number of rotatable bonds is 4. The van der Waals surface area contributed by atoms with Crippen molar-refractivity contribution in [3.63, 3.8) is 0 Å². The van der Waals surface area contributed by atoms with Crippen LogP contribution in [0.5, 0.6) is 0 Å². The van der Waals surface area contributed by atoms with Crippen molar-refractivity contribution < 1.29 is 4.74 Å². The van der Waals surface area contributed by atoms with Crippen molar-refractivity contribution in [1.29, 1.82) is 0 Å². The standard InChI is InChI=1S/C19H23N5OS/c1-23(2)18-9-7-17(8-10-18)22-21-16-5-3-15(4-6-16)20-19(26)24-11-13-25-14-12-24/h3-10H,11-14H2,1-2H3,(H,20,26). The predicted molar refractivity (Wildman–Crippen MR) is 110 cm³/mol. The Morgan fingerprint density at radius 2 is 1.50 bits per heavy atom. The molecular formula is C19H23N5OS. The first-order valence-corrected chi connectivity index (χ1v) is 8.95. The van der Waals surface area contributed by atoms with Crippen LogP contribution in [0.2, 0.25) is 0 Å². The van der Waals surface area contributed by atoms with Crippen LogP contribution in [0, 0.1) is 0 Å². The minimum atomic E-state index is 0.719. The van der Waals surface area contributed by atoms with Gasteiger partial charge in [0.05, 0.1) is 24.6 Å². The Balaban J connectivity index is 1.57. The molecule has 0 atom stereocenters. The molecule has 0 saturated carbocycles. The van der Waals surface area contributed by atoms with Gasteiger partial charge in [-0.25, -0.2) is 0 Å². The normalized spacial score (nSPS) is 14.5. The minimum absolute atomic E-state index is 0.719. The minimum Gasteiger partial charge on any atom is -0.378 e. The van der Waals surface area contributed by atoms with E-state index in [1.54, 1.807) is 0 Å². The molecule has 7 heteroatoms. The van der Waals surface area contributed by atoms with Gasteiger partial charge in [0.15, 0.2) is 5.11 Å². The van der Waals surface area contributed by atoms with Gasteiger partial charge in [0, 0.05) is 38.6 Å². The smallest absolute Gasteiger partial charge is 0.173 e. The highest BCUT2D eigenvalue weighted by Crippen LogP contribution is 2.22. The maximum Gasteiger partial charge on any atom is 0.173 e. The topological polar surface area (TPSA) is 52.5 Å². The third-order valence-electron chi connectivity index (χ3n) is 4.06. The van der Waals surface area contributed by atoms with Crippen LogP contribution in [0.3, 0.4) is 0 Å². The molecule has 0 amide bonds. The Morgan fingerprint density at radius 1 is 0.962 bits per heavy atom. The van der Waals surface area contributed by atoms with E-state index in [1.807, 2.05) is 67.5 Å². The summed E-state index contributed by atoms with van der Waals surface area (Å²) >= 11 is 5.45. The molecule has 6 nitrogen and oxygen atoms in total. The Labute approximate surface area is 159 Å². The number of benzene rings is 2. The van der Waals surface area contributed by atoms with E-state index in [-0.39, 0.29) is 0 Å². The van der Waals surface area contributed by atoms with Gasteiger partial charge in [0.1, 0.15) is 0 Å². The summed E-state index contributed by atoms with van der Waals surface area (Å²) in [6.45, 7) is 3.09. The Hall–Kier alpha value is -2.51. The first-order valence-electron chi connectivity index (χ1n) is 8.55. The molecule has 1 aliphatic heterocycles. The van der Waals surface area contributed by atoms with Gasteiger partial charge in [-0.15, -0.1) is 0 Å². The molecule has 2 aromatic carbocycles. The van der Waals surface area contributed by atoms with Crippen LogP contribution in [-0.4, -0.2) is 50.4 Å². The number of azo groups is 1. The molecule has 1 N–H and O–H groups in total. The summed E-state index contributed by atoms with van der Waals surface area (Å²) in [5.41, 5.74) is 3.70. The molecule has 1 heterocycles. The fraction of sp³-hybridized carbons (Fsp3) is 0.316. The van der Waals surface area contributed by atoms with Crippen LogP contribution < -0.4 is 10.2 Å². The molecule has 1 saturated heterocycles. The molecule has 26 heavy (non-hydrogen) atoms. The van der Waals surface area contributed by atoms with Gasteiger partial charge in [0.2, 0.25) is 0 Å². The molecule has 0 bridgehead atoms. The fourth-order valence-electron chi connectivity index (χ4n) is 2.51. The van der Waals surface area contributed by atoms with Crippen LogP contribution >= 0.6 is 12.2 Å².